The first-order valence-electron chi connectivity index (χ1n) is 9.20. The highest BCUT2D eigenvalue weighted by molar-refractivity contribution is 7.13. The van der Waals surface area contributed by atoms with Gasteiger partial charge in [0.15, 0.2) is 0 Å². The molecule has 0 saturated heterocycles. The number of thiazole rings is 1. The minimum absolute atomic E-state index is 0.103. The molecule has 0 saturated carbocycles. The molecule has 0 atom stereocenters. The fraction of sp³-hybridized carbons (Fsp3) is 0.190. The number of aryl methyl sites for hydroxylation is 2. The van der Waals surface area contributed by atoms with Crippen LogP contribution in [0.3, 0.4) is 0 Å². The van der Waals surface area contributed by atoms with E-state index < -0.39 is 11.2 Å². The summed E-state index contributed by atoms with van der Waals surface area (Å²) >= 11 is 1.49. The number of nitrogens with zero attached hydrogens (tertiary/aromatic N) is 4. The maximum atomic E-state index is 12.5. The van der Waals surface area contributed by atoms with Crippen molar-refractivity contribution in [1.29, 1.82) is 0 Å². The number of hydrogen-bond donors (Lipinski definition) is 1. The second kappa shape index (κ2) is 7.68. The van der Waals surface area contributed by atoms with Gasteiger partial charge >= 0.3 is 5.69 Å². The van der Waals surface area contributed by atoms with Crippen molar-refractivity contribution in [2.24, 2.45) is 14.1 Å². The van der Waals surface area contributed by atoms with Gasteiger partial charge in [0.2, 0.25) is 5.91 Å². The van der Waals surface area contributed by atoms with Gasteiger partial charge < -0.3 is 5.32 Å². The smallest absolute Gasteiger partial charge is 0.324 e. The number of nitrogens with one attached hydrogen (secondary N) is 1. The topological polar surface area (TPSA) is 98.9 Å². The molecule has 152 valence electrons. The third kappa shape index (κ3) is 3.67. The van der Waals surface area contributed by atoms with E-state index in [1.54, 1.807) is 7.05 Å². The first-order chi connectivity index (χ1) is 14.3. The van der Waals surface area contributed by atoms with E-state index in [2.05, 4.69) is 21.4 Å². The number of pyridine rings is 1. The zero-order valence-corrected chi connectivity index (χ0v) is 17.5. The van der Waals surface area contributed by atoms with E-state index in [-0.39, 0.29) is 23.4 Å². The number of anilines is 1. The van der Waals surface area contributed by atoms with Gasteiger partial charge in [-0.05, 0) is 19.1 Å². The van der Waals surface area contributed by atoms with Gasteiger partial charge in [-0.2, -0.15) is 0 Å². The van der Waals surface area contributed by atoms with Crippen LogP contribution >= 0.6 is 11.3 Å². The Hall–Kier alpha value is -3.59. The van der Waals surface area contributed by atoms with Crippen LogP contribution in [0.25, 0.3) is 21.6 Å². The Morgan fingerprint density at radius 2 is 1.97 bits per heavy atom. The van der Waals surface area contributed by atoms with Crippen molar-refractivity contribution in [3.8, 4) is 10.6 Å². The molecular weight excluding hydrogens is 402 g/mol. The lowest BCUT2D eigenvalue weighted by molar-refractivity contribution is -0.115. The number of amides is 1. The number of fused-ring (bicyclic) bond motifs is 1. The summed E-state index contributed by atoms with van der Waals surface area (Å²) in [5, 5.41) is 5.73. The van der Waals surface area contributed by atoms with Crippen molar-refractivity contribution in [3.05, 3.63) is 74.0 Å². The summed E-state index contributed by atoms with van der Waals surface area (Å²) in [6.07, 6.45) is 1.53. The van der Waals surface area contributed by atoms with E-state index in [1.807, 2.05) is 30.5 Å². The van der Waals surface area contributed by atoms with Crippen molar-refractivity contribution in [2.75, 3.05) is 5.32 Å². The van der Waals surface area contributed by atoms with Crippen LogP contribution < -0.4 is 16.6 Å². The van der Waals surface area contributed by atoms with Crippen LogP contribution in [-0.2, 0) is 25.3 Å². The molecule has 0 aliphatic carbocycles. The van der Waals surface area contributed by atoms with Gasteiger partial charge in [-0.15, -0.1) is 11.3 Å². The second-order valence-corrected chi connectivity index (χ2v) is 7.90. The van der Waals surface area contributed by atoms with Crippen molar-refractivity contribution in [1.82, 2.24) is 19.1 Å². The average molecular weight is 421 g/mol. The van der Waals surface area contributed by atoms with Crippen LogP contribution in [-0.4, -0.2) is 25.0 Å². The molecule has 1 N–H and O–H groups in total. The SMILES string of the molecule is Cc1cccc(-c2nc(CC(=O)Nc3cnc4c(c3)c(=O)n(C)c(=O)n4C)cs2)c1. The minimum Gasteiger partial charge on any atom is -0.324 e. The van der Waals surface area contributed by atoms with E-state index in [9.17, 15) is 14.4 Å². The number of carbonyl (C=O) groups excluding carboxylic acids is 1. The highest BCUT2D eigenvalue weighted by Gasteiger charge is 2.13. The van der Waals surface area contributed by atoms with Crippen molar-refractivity contribution in [2.45, 2.75) is 13.3 Å². The Morgan fingerprint density at radius 1 is 1.17 bits per heavy atom. The molecule has 1 amide bonds. The first-order valence-corrected chi connectivity index (χ1v) is 10.1. The van der Waals surface area contributed by atoms with Gasteiger partial charge in [-0.3, -0.25) is 18.7 Å². The van der Waals surface area contributed by atoms with Crippen LogP contribution in [0.5, 0.6) is 0 Å². The van der Waals surface area contributed by atoms with Gasteiger partial charge in [0.05, 0.1) is 29.4 Å². The van der Waals surface area contributed by atoms with E-state index in [4.69, 9.17) is 0 Å². The molecule has 1 aromatic carbocycles. The van der Waals surface area contributed by atoms with E-state index in [1.165, 1.54) is 35.2 Å². The molecule has 3 aromatic heterocycles. The molecule has 4 aromatic rings. The van der Waals surface area contributed by atoms with Crippen LogP contribution in [0, 0.1) is 6.92 Å². The third-order valence-corrected chi connectivity index (χ3v) is 5.68. The van der Waals surface area contributed by atoms with E-state index in [0.29, 0.717) is 11.4 Å². The lowest BCUT2D eigenvalue weighted by Gasteiger charge is -2.09. The summed E-state index contributed by atoms with van der Waals surface area (Å²) in [4.78, 5) is 45.6. The number of hydrogen-bond acceptors (Lipinski definition) is 6. The maximum absolute atomic E-state index is 12.5. The molecule has 0 radical (unpaired) electrons. The zero-order valence-electron chi connectivity index (χ0n) is 16.7. The van der Waals surface area contributed by atoms with Gasteiger partial charge in [0.25, 0.3) is 5.56 Å². The fourth-order valence-electron chi connectivity index (χ4n) is 3.20. The van der Waals surface area contributed by atoms with Gasteiger partial charge in [0, 0.05) is 25.0 Å². The second-order valence-electron chi connectivity index (χ2n) is 7.04. The van der Waals surface area contributed by atoms with Crippen molar-refractivity contribution in [3.63, 3.8) is 0 Å². The van der Waals surface area contributed by atoms with Gasteiger partial charge in [0.1, 0.15) is 10.7 Å². The Kier molecular flexibility index (Phi) is 5.04. The van der Waals surface area contributed by atoms with Crippen LogP contribution in [0.1, 0.15) is 11.3 Å². The molecular formula is C21H19N5O3S. The van der Waals surface area contributed by atoms with Crippen LogP contribution in [0.4, 0.5) is 5.69 Å². The predicted molar refractivity (Wildman–Crippen MR) is 117 cm³/mol. The van der Waals surface area contributed by atoms with E-state index in [0.717, 1.165) is 20.7 Å². The Bertz CT molecular complexity index is 1400. The number of aromatic nitrogens is 4. The monoisotopic (exact) mass is 421 g/mol. The molecule has 4 rings (SSSR count). The molecule has 30 heavy (non-hydrogen) atoms. The molecule has 3 heterocycles. The molecule has 8 nitrogen and oxygen atoms in total. The maximum Gasteiger partial charge on any atom is 0.332 e. The largest absolute Gasteiger partial charge is 0.332 e. The first kappa shape index (κ1) is 19.7. The quantitative estimate of drug-likeness (QED) is 0.545. The molecule has 0 bridgehead atoms. The lowest BCUT2D eigenvalue weighted by atomic mass is 10.1. The van der Waals surface area contributed by atoms with Gasteiger partial charge in [-0.25, -0.2) is 14.8 Å². The third-order valence-electron chi connectivity index (χ3n) is 4.74. The Morgan fingerprint density at radius 3 is 2.73 bits per heavy atom. The highest BCUT2D eigenvalue weighted by Crippen LogP contribution is 2.24. The molecule has 0 unspecified atom stereocenters. The minimum atomic E-state index is -0.459. The van der Waals surface area contributed by atoms with Crippen molar-refractivity contribution >= 4 is 34.0 Å². The number of rotatable bonds is 4. The normalized spacial score (nSPS) is 11.0. The molecule has 9 heteroatoms. The fourth-order valence-corrected chi connectivity index (χ4v) is 4.02. The Labute approximate surface area is 175 Å². The Balaban J connectivity index is 1.54. The summed E-state index contributed by atoms with van der Waals surface area (Å²) in [5.74, 6) is -0.265. The predicted octanol–water partition coefficient (Wildman–Crippen LogP) is 2.25. The highest BCUT2D eigenvalue weighted by atomic mass is 32.1. The van der Waals surface area contributed by atoms with Crippen molar-refractivity contribution < 1.29 is 4.79 Å². The van der Waals surface area contributed by atoms with Crippen LogP contribution in [0.15, 0.2) is 51.5 Å². The molecule has 0 aliphatic rings. The summed E-state index contributed by atoms with van der Waals surface area (Å²) in [6, 6.07) is 9.57. The zero-order chi connectivity index (χ0) is 21.4. The molecule has 0 fully saturated rings. The molecule has 0 aliphatic heterocycles. The summed E-state index contributed by atoms with van der Waals surface area (Å²) in [7, 11) is 2.95. The molecule has 0 spiro atoms. The average Bonchev–Trinajstić information content (AvgIpc) is 3.19. The summed E-state index contributed by atoms with van der Waals surface area (Å²) in [6.45, 7) is 2.02. The van der Waals surface area contributed by atoms with E-state index >= 15 is 0 Å². The number of carbonyl (C=O) groups is 1. The lowest BCUT2D eigenvalue weighted by Crippen LogP contribution is -2.37. The summed E-state index contributed by atoms with van der Waals surface area (Å²) in [5.41, 5.74) is 2.58. The van der Waals surface area contributed by atoms with Gasteiger partial charge in [-0.1, -0.05) is 23.8 Å². The number of benzene rings is 1. The summed E-state index contributed by atoms with van der Waals surface area (Å²) < 4.78 is 2.31. The standard InChI is InChI=1S/C21H19N5O3S/c1-12-5-4-6-13(7-12)19-24-15(11-30-19)9-17(27)23-14-8-16-18(22-10-14)25(2)21(29)26(3)20(16)28/h4-8,10-11H,9H2,1-3H3,(H,23,27). The van der Waals surface area contributed by atoms with Crippen LogP contribution in [0.2, 0.25) is 0 Å².